The van der Waals surface area contributed by atoms with Crippen molar-refractivity contribution < 1.29 is 18.8 Å². The first-order valence-corrected chi connectivity index (χ1v) is 6.02. The molecule has 0 saturated carbocycles. The fourth-order valence-electron chi connectivity index (χ4n) is 1.47. The van der Waals surface area contributed by atoms with E-state index in [1.165, 1.54) is 19.6 Å². The third kappa shape index (κ3) is 3.93. The topological polar surface area (TPSA) is 93.5 Å². The molecule has 7 nitrogen and oxygen atoms in total. The summed E-state index contributed by atoms with van der Waals surface area (Å²) < 4.78 is 9.25. The summed E-state index contributed by atoms with van der Waals surface area (Å²) in [6.07, 6.45) is 2.65. The number of rotatable bonds is 5. The van der Waals surface area contributed by atoms with Crippen molar-refractivity contribution in [2.45, 2.75) is 0 Å². The van der Waals surface area contributed by atoms with Crippen molar-refractivity contribution in [2.75, 3.05) is 12.4 Å². The van der Waals surface area contributed by atoms with Crippen LogP contribution in [0.1, 0.15) is 10.4 Å². The van der Waals surface area contributed by atoms with Gasteiger partial charge in [0.15, 0.2) is 5.82 Å². The number of hydrogen-bond acceptors (Lipinski definition) is 6. The van der Waals surface area contributed by atoms with Crippen LogP contribution in [-0.4, -0.2) is 24.1 Å². The predicted octanol–water partition coefficient (Wildman–Crippen LogP) is 1.53. The van der Waals surface area contributed by atoms with E-state index in [4.69, 9.17) is 0 Å². The Hall–Kier alpha value is -3.09. The summed E-state index contributed by atoms with van der Waals surface area (Å²) >= 11 is 0. The molecular formula is C14H13N3O4. The molecule has 0 spiro atoms. The van der Waals surface area contributed by atoms with Gasteiger partial charge in [-0.05, 0) is 12.1 Å². The van der Waals surface area contributed by atoms with Gasteiger partial charge in [-0.3, -0.25) is 4.79 Å². The fraction of sp³-hybridized carbons (Fsp3) is 0.0714. The SMILES string of the molecule is COC(=O)/C(=C/Nc1ccon1)NC(=O)c1ccccc1. The van der Waals surface area contributed by atoms with Crippen LogP contribution >= 0.6 is 0 Å². The molecule has 0 aliphatic rings. The van der Waals surface area contributed by atoms with Crippen LogP contribution in [0.25, 0.3) is 0 Å². The first-order valence-electron chi connectivity index (χ1n) is 6.02. The zero-order valence-corrected chi connectivity index (χ0v) is 11.2. The summed E-state index contributed by atoms with van der Waals surface area (Å²) in [7, 11) is 1.22. The molecule has 2 aromatic rings. The van der Waals surface area contributed by atoms with E-state index in [0.717, 1.165) is 0 Å². The van der Waals surface area contributed by atoms with Crippen molar-refractivity contribution in [3.63, 3.8) is 0 Å². The second kappa shape index (κ2) is 6.90. The lowest BCUT2D eigenvalue weighted by atomic mass is 10.2. The van der Waals surface area contributed by atoms with E-state index < -0.39 is 11.9 Å². The number of carbonyl (C=O) groups is 2. The third-order valence-electron chi connectivity index (χ3n) is 2.49. The van der Waals surface area contributed by atoms with Crippen molar-refractivity contribution in [3.8, 4) is 0 Å². The maximum atomic E-state index is 12.0. The quantitative estimate of drug-likeness (QED) is 0.640. The van der Waals surface area contributed by atoms with Gasteiger partial charge in [-0.2, -0.15) is 0 Å². The van der Waals surface area contributed by atoms with Crippen molar-refractivity contribution in [1.29, 1.82) is 0 Å². The van der Waals surface area contributed by atoms with Crippen molar-refractivity contribution in [3.05, 3.63) is 60.1 Å². The molecule has 21 heavy (non-hydrogen) atoms. The Balaban J connectivity index is 2.11. The maximum Gasteiger partial charge on any atom is 0.356 e. The largest absolute Gasteiger partial charge is 0.464 e. The van der Waals surface area contributed by atoms with Gasteiger partial charge in [-0.15, -0.1) is 0 Å². The van der Waals surface area contributed by atoms with Crippen molar-refractivity contribution in [1.82, 2.24) is 10.5 Å². The molecule has 0 saturated heterocycles. The number of amides is 1. The average Bonchev–Trinajstić information content (AvgIpc) is 3.04. The number of esters is 1. The Labute approximate surface area is 120 Å². The van der Waals surface area contributed by atoms with Gasteiger partial charge >= 0.3 is 5.97 Å². The minimum absolute atomic E-state index is 0.0469. The Morgan fingerprint density at radius 1 is 1.24 bits per heavy atom. The summed E-state index contributed by atoms with van der Waals surface area (Å²) in [5.41, 5.74) is 0.378. The number of methoxy groups -OCH3 is 1. The molecular weight excluding hydrogens is 274 g/mol. The standard InChI is InChI=1S/C14H13N3O4/c1-20-14(19)11(9-15-12-7-8-21-17-12)16-13(18)10-5-3-2-4-6-10/h2-9H,1H3,(H,15,17)(H,16,18)/b11-9-. The molecule has 2 rings (SSSR count). The molecule has 7 heteroatoms. The van der Waals surface area contributed by atoms with Crippen LogP contribution in [0.5, 0.6) is 0 Å². The summed E-state index contributed by atoms with van der Waals surface area (Å²) in [5, 5.41) is 8.80. The van der Waals surface area contributed by atoms with Gasteiger partial charge in [0, 0.05) is 17.8 Å². The monoisotopic (exact) mass is 287 g/mol. The first kappa shape index (κ1) is 14.3. The van der Waals surface area contributed by atoms with Gasteiger partial charge in [0.1, 0.15) is 12.0 Å². The number of ether oxygens (including phenoxy) is 1. The van der Waals surface area contributed by atoms with E-state index in [0.29, 0.717) is 11.4 Å². The molecule has 1 aromatic carbocycles. The second-order valence-corrected chi connectivity index (χ2v) is 3.90. The summed E-state index contributed by atoms with van der Waals surface area (Å²) in [5.74, 6) is -0.713. The van der Waals surface area contributed by atoms with E-state index in [1.54, 1.807) is 36.4 Å². The minimum Gasteiger partial charge on any atom is -0.464 e. The Bertz CT molecular complexity index is 636. The van der Waals surface area contributed by atoms with Gasteiger partial charge in [-0.1, -0.05) is 23.4 Å². The number of nitrogens with one attached hydrogen (secondary N) is 2. The van der Waals surface area contributed by atoms with Crippen LogP contribution in [0, 0.1) is 0 Å². The van der Waals surface area contributed by atoms with Crippen LogP contribution < -0.4 is 10.6 Å². The number of benzene rings is 1. The Morgan fingerprint density at radius 2 is 2.00 bits per heavy atom. The molecule has 0 fully saturated rings. The number of aromatic nitrogens is 1. The van der Waals surface area contributed by atoms with Gasteiger partial charge in [0.25, 0.3) is 5.91 Å². The number of carbonyl (C=O) groups excluding carboxylic acids is 2. The van der Waals surface area contributed by atoms with Gasteiger partial charge in [-0.25, -0.2) is 4.79 Å². The lowest BCUT2D eigenvalue weighted by Crippen LogP contribution is -2.28. The Morgan fingerprint density at radius 3 is 2.62 bits per heavy atom. The van der Waals surface area contributed by atoms with E-state index >= 15 is 0 Å². The van der Waals surface area contributed by atoms with Crippen molar-refractivity contribution >= 4 is 17.7 Å². The molecule has 0 bridgehead atoms. The maximum absolute atomic E-state index is 12.0. The fourth-order valence-corrected chi connectivity index (χ4v) is 1.47. The molecule has 0 unspecified atom stereocenters. The highest BCUT2D eigenvalue weighted by atomic mass is 16.5. The Kier molecular flexibility index (Phi) is 4.70. The van der Waals surface area contributed by atoms with Crippen LogP contribution in [0.4, 0.5) is 5.82 Å². The van der Waals surface area contributed by atoms with Crippen molar-refractivity contribution in [2.24, 2.45) is 0 Å². The molecule has 1 aromatic heterocycles. The van der Waals surface area contributed by atoms with Crippen LogP contribution in [-0.2, 0) is 9.53 Å². The number of nitrogens with zero attached hydrogens (tertiary/aromatic N) is 1. The lowest BCUT2D eigenvalue weighted by molar-refractivity contribution is -0.136. The van der Waals surface area contributed by atoms with Crippen LogP contribution in [0.15, 0.2) is 59.1 Å². The number of hydrogen-bond donors (Lipinski definition) is 2. The molecule has 1 heterocycles. The first-order chi connectivity index (χ1) is 10.2. The molecule has 0 atom stereocenters. The summed E-state index contributed by atoms with van der Waals surface area (Å²) in [4.78, 5) is 23.7. The highest BCUT2D eigenvalue weighted by molar-refractivity contribution is 6.01. The molecule has 0 aliphatic heterocycles. The zero-order chi connectivity index (χ0) is 15.1. The van der Waals surface area contributed by atoms with Gasteiger partial charge in [0.2, 0.25) is 0 Å². The minimum atomic E-state index is -0.685. The average molecular weight is 287 g/mol. The second-order valence-electron chi connectivity index (χ2n) is 3.90. The van der Waals surface area contributed by atoms with Crippen LogP contribution in [0.2, 0.25) is 0 Å². The smallest absolute Gasteiger partial charge is 0.356 e. The van der Waals surface area contributed by atoms with Crippen LogP contribution in [0.3, 0.4) is 0 Å². The number of anilines is 1. The summed E-state index contributed by atoms with van der Waals surface area (Å²) in [6, 6.07) is 10.1. The van der Waals surface area contributed by atoms with E-state index in [-0.39, 0.29) is 5.70 Å². The molecule has 1 amide bonds. The van der Waals surface area contributed by atoms with E-state index in [2.05, 4.69) is 25.1 Å². The van der Waals surface area contributed by atoms with E-state index in [9.17, 15) is 9.59 Å². The highest BCUT2D eigenvalue weighted by Gasteiger charge is 2.14. The van der Waals surface area contributed by atoms with Gasteiger partial charge in [0.05, 0.1) is 7.11 Å². The van der Waals surface area contributed by atoms with Gasteiger partial charge < -0.3 is 19.9 Å². The highest BCUT2D eigenvalue weighted by Crippen LogP contribution is 2.04. The predicted molar refractivity (Wildman–Crippen MR) is 74.1 cm³/mol. The molecule has 0 aliphatic carbocycles. The molecule has 0 radical (unpaired) electrons. The summed E-state index contributed by atoms with van der Waals surface area (Å²) in [6.45, 7) is 0. The lowest BCUT2D eigenvalue weighted by Gasteiger charge is -2.08. The third-order valence-corrected chi connectivity index (χ3v) is 2.49. The zero-order valence-electron chi connectivity index (χ0n) is 11.2. The molecule has 108 valence electrons. The van der Waals surface area contributed by atoms with E-state index in [1.807, 2.05) is 0 Å². The molecule has 2 N–H and O–H groups in total. The normalized spacial score (nSPS) is 10.8.